The number of hydrogen-bond donors (Lipinski definition) is 0. The molecule has 1 aliphatic carbocycles. The first-order chi connectivity index (χ1) is 9.62. The Labute approximate surface area is 118 Å². The van der Waals surface area contributed by atoms with Gasteiger partial charge in [-0.3, -0.25) is 14.3 Å². The van der Waals surface area contributed by atoms with E-state index in [2.05, 4.69) is 5.10 Å². The maximum atomic E-state index is 11.9. The molecule has 0 aromatic carbocycles. The van der Waals surface area contributed by atoms with Gasteiger partial charge in [0.2, 0.25) is 0 Å². The molecule has 2 heterocycles. The first-order valence-corrected chi connectivity index (χ1v) is 7.34. The molecular weight excluding hydrogens is 256 g/mol. The second-order valence-corrected chi connectivity index (χ2v) is 5.93. The Kier molecular flexibility index (Phi) is 3.36. The summed E-state index contributed by atoms with van der Waals surface area (Å²) in [6.45, 7) is 1.81. The number of nitrogens with zero attached hydrogens (tertiary/aromatic N) is 2. The minimum absolute atomic E-state index is 0.115. The molecule has 20 heavy (non-hydrogen) atoms. The van der Waals surface area contributed by atoms with Crippen molar-refractivity contribution in [2.45, 2.75) is 51.5 Å². The smallest absolute Gasteiger partial charge is 0.320 e. The van der Waals surface area contributed by atoms with Gasteiger partial charge < -0.3 is 4.74 Å². The van der Waals surface area contributed by atoms with E-state index in [4.69, 9.17) is 4.74 Å². The summed E-state index contributed by atoms with van der Waals surface area (Å²) in [7, 11) is 0. The Morgan fingerprint density at radius 1 is 1.50 bits per heavy atom. The Morgan fingerprint density at radius 2 is 2.25 bits per heavy atom. The van der Waals surface area contributed by atoms with E-state index in [0.717, 1.165) is 5.69 Å². The third-order valence-electron chi connectivity index (χ3n) is 4.67. The van der Waals surface area contributed by atoms with Crippen molar-refractivity contribution in [3.8, 4) is 0 Å². The monoisotopic (exact) mass is 276 g/mol. The zero-order valence-electron chi connectivity index (χ0n) is 11.8. The molecule has 0 spiro atoms. The highest BCUT2D eigenvalue weighted by Gasteiger charge is 2.49. The van der Waals surface area contributed by atoms with Gasteiger partial charge in [-0.1, -0.05) is 12.8 Å². The summed E-state index contributed by atoms with van der Waals surface area (Å²) in [6.07, 6.45) is 7.65. The summed E-state index contributed by atoms with van der Waals surface area (Å²) in [5.41, 5.74) is -0.194. The van der Waals surface area contributed by atoms with Gasteiger partial charge in [-0.15, -0.1) is 0 Å². The Bertz CT molecular complexity index is 531. The second kappa shape index (κ2) is 5.04. The van der Waals surface area contributed by atoms with E-state index < -0.39 is 5.41 Å². The van der Waals surface area contributed by atoms with Crippen LogP contribution in [0.15, 0.2) is 12.3 Å². The highest BCUT2D eigenvalue weighted by atomic mass is 16.5. The van der Waals surface area contributed by atoms with Crippen molar-refractivity contribution in [3.63, 3.8) is 0 Å². The van der Waals surface area contributed by atoms with E-state index in [1.807, 2.05) is 16.9 Å². The second-order valence-electron chi connectivity index (χ2n) is 5.93. The van der Waals surface area contributed by atoms with Gasteiger partial charge >= 0.3 is 5.97 Å². The van der Waals surface area contributed by atoms with E-state index >= 15 is 0 Å². The Hall–Kier alpha value is -1.65. The number of ether oxygens (including phenoxy) is 1. The molecule has 3 rings (SSSR count). The summed E-state index contributed by atoms with van der Waals surface area (Å²) in [6, 6.07) is 2.40. The highest BCUT2D eigenvalue weighted by Crippen LogP contribution is 2.35. The number of ketones is 1. The van der Waals surface area contributed by atoms with Crippen molar-refractivity contribution in [1.82, 2.24) is 9.78 Å². The normalized spacial score (nSPS) is 26.9. The lowest BCUT2D eigenvalue weighted by molar-refractivity contribution is -0.150. The SMILES string of the molecule is CC(=O)C1(Cc2ccn(C3CCCC3)n2)CCOC1=O. The van der Waals surface area contributed by atoms with Crippen molar-refractivity contribution < 1.29 is 14.3 Å². The van der Waals surface area contributed by atoms with Gasteiger partial charge in [-0.25, -0.2) is 0 Å². The predicted octanol–water partition coefficient (Wildman–Crippen LogP) is 2.06. The molecule has 1 saturated carbocycles. The van der Waals surface area contributed by atoms with Gasteiger partial charge in [0.15, 0.2) is 0 Å². The minimum atomic E-state index is -1.01. The van der Waals surface area contributed by atoms with E-state index in [1.54, 1.807) is 0 Å². The number of Topliss-reactive ketones (excluding diaryl/α,β-unsaturated/α-hetero) is 1. The molecule has 1 saturated heterocycles. The Morgan fingerprint density at radius 3 is 2.85 bits per heavy atom. The van der Waals surface area contributed by atoms with Gasteiger partial charge in [0.1, 0.15) is 11.2 Å². The van der Waals surface area contributed by atoms with Crippen LogP contribution >= 0.6 is 0 Å². The fraction of sp³-hybridized carbons (Fsp3) is 0.667. The van der Waals surface area contributed by atoms with Crippen LogP contribution in [0.3, 0.4) is 0 Å². The summed E-state index contributed by atoms with van der Waals surface area (Å²) in [5, 5.41) is 4.57. The van der Waals surface area contributed by atoms with Crippen molar-refractivity contribution in [2.75, 3.05) is 6.61 Å². The fourth-order valence-electron chi connectivity index (χ4n) is 3.32. The lowest BCUT2D eigenvalue weighted by atomic mass is 9.78. The van der Waals surface area contributed by atoms with Gasteiger partial charge in [0, 0.05) is 19.0 Å². The summed E-state index contributed by atoms with van der Waals surface area (Å²) in [4.78, 5) is 23.8. The van der Waals surface area contributed by atoms with E-state index in [1.165, 1.54) is 32.6 Å². The molecule has 0 radical (unpaired) electrons. The topological polar surface area (TPSA) is 61.2 Å². The van der Waals surface area contributed by atoms with Crippen LogP contribution in [0.4, 0.5) is 0 Å². The van der Waals surface area contributed by atoms with Crippen LogP contribution in [-0.4, -0.2) is 28.1 Å². The van der Waals surface area contributed by atoms with E-state index in [0.29, 0.717) is 25.5 Å². The summed E-state index contributed by atoms with van der Waals surface area (Å²) >= 11 is 0. The van der Waals surface area contributed by atoms with Crippen molar-refractivity contribution in [2.24, 2.45) is 5.41 Å². The minimum Gasteiger partial charge on any atom is -0.465 e. The number of cyclic esters (lactones) is 1. The molecule has 2 fully saturated rings. The average Bonchev–Trinajstić information content (AvgIpc) is 3.12. The largest absolute Gasteiger partial charge is 0.465 e. The van der Waals surface area contributed by atoms with Crippen LogP contribution < -0.4 is 0 Å². The third-order valence-corrected chi connectivity index (χ3v) is 4.67. The maximum Gasteiger partial charge on any atom is 0.320 e. The summed E-state index contributed by atoms with van der Waals surface area (Å²) in [5.74, 6) is -0.504. The van der Waals surface area contributed by atoms with E-state index in [-0.39, 0.29) is 11.8 Å². The molecule has 0 N–H and O–H groups in total. The number of carbonyl (C=O) groups excluding carboxylic acids is 2. The maximum absolute atomic E-state index is 11.9. The van der Waals surface area contributed by atoms with Crippen LogP contribution in [0.1, 0.15) is 50.8 Å². The quantitative estimate of drug-likeness (QED) is 0.624. The highest BCUT2D eigenvalue weighted by molar-refractivity contribution is 6.03. The lowest BCUT2D eigenvalue weighted by Gasteiger charge is -2.19. The van der Waals surface area contributed by atoms with Crippen LogP contribution in [0.25, 0.3) is 0 Å². The molecule has 5 nitrogen and oxygen atoms in total. The van der Waals surface area contributed by atoms with Crippen molar-refractivity contribution >= 4 is 11.8 Å². The standard InChI is InChI=1S/C15H20N2O3/c1-11(18)15(7-9-20-14(15)19)10-12-6-8-17(16-12)13-4-2-3-5-13/h6,8,13H,2-5,7,9-10H2,1H3. The molecule has 1 unspecified atom stereocenters. The van der Waals surface area contributed by atoms with Crippen LogP contribution in [-0.2, 0) is 20.7 Å². The van der Waals surface area contributed by atoms with Gasteiger partial charge in [-0.2, -0.15) is 5.10 Å². The number of aromatic nitrogens is 2. The number of hydrogen-bond acceptors (Lipinski definition) is 4. The molecule has 0 bridgehead atoms. The molecule has 1 aliphatic heterocycles. The van der Waals surface area contributed by atoms with Gasteiger partial charge in [0.25, 0.3) is 0 Å². The molecule has 108 valence electrons. The molecule has 5 heteroatoms. The third kappa shape index (κ3) is 2.15. The van der Waals surface area contributed by atoms with Crippen LogP contribution in [0.5, 0.6) is 0 Å². The molecule has 1 aromatic rings. The molecule has 2 aliphatic rings. The molecule has 0 amide bonds. The zero-order valence-corrected chi connectivity index (χ0v) is 11.8. The van der Waals surface area contributed by atoms with E-state index in [9.17, 15) is 9.59 Å². The van der Waals surface area contributed by atoms with Gasteiger partial charge in [0.05, 0.1) is 18.3 Å². The number of carbonyl (C=O) groups is 2. The van der Waals surface area contributed by atoms with Crippen LogP contribution in [0.2, 0.25) is 0 Å². The number of esters is 1. The van der Waals surface area contributed by atoms with Crippen LogP contribution in [0, 0.1) is 5.41 Å². The van der Waals surface area contributed by atoms with Crippen molar-refractivity contribution in [3.05, 3.63) is 18.0 Å². The first kappa shape index (κ1) is 13.3. The molecule has 1 aromatic heterocycles. The van der Waals surface area contributed by atoms with Crippen molar-refractivity contribution in [1.29, 1.82) is 0 Å². The molecular formula is C15H20N2O3. The predicted molar refractivity (Wildman–Crippen MR) is 72.1 cm³/mol. The first-order valence-electron chi connectivity index (χ1n) is 7.34. The lowest BCUT2D eigenvalue weighted by Crippen LogP contribution is -2.36. The van der Waals surface area contributed by atoms with Gasteiger partial charge in [-0.05, 0) is 25.8 Å². The summed E-state index contributed by atoms with van der Waals surface area (Å²) < 4.78 is 7.01. The number of rotatable bonds is 4. The Balaban J connectivity index is 1.79. The molecule has 1 atom stereocenters. The zero-order chi connectivity index (χ0) is 14.2. The fourth-order valence-corrected chi connectivity index (χ4v) is 3.32. The average molecular weight is 276 g/mol.